The first-order chi connectivity index (χ1) is 9.76. The number of hydrazine groups is 1. The molecule has 1 aliphatic rings. The molecular weight excluding hydrogens is 248 g/mol. The van der Waals surface area contributed by atoms with E-state index in [0.717, 1.165) is 12.3 Å². The van der Waals surface area contributed by atoms with E-state index in [2.05, 4.69) is 19.3 Å². The smallest absolute Gasteiger partial charge is 0.0765 e. The van der Waals surface area contributed by atoms with Gasteiger partial charge in [0, 0.05) is 13.2 Å². The highest BCUT2D eigenvalue weighted by atomic mass is 16.5. The summed E-state index contributed by atoms with van der Waals surface area (Å²) in [6.45, 7) is 4.57. The molecule has 0 bridgehead atoms. The van der Waals surface area contributed by atoms with Crippen LogP contribution in [-0.2, 0) is 4.74 Å². The molecule has 3 atom stereocenters. The molecule has 1 fully saturated rings. The van der Waals surface area contributed by atoms with E-state index in [1.165, 1.54) is 57.8 Å². The van der Waals surface area contributed by atoms with Gasteiger partial charge in [-0.1, -0.05) is 58.8 Å². The highest BCUT2D eigenvalue weighted by Gasteiger charge is 2.31. The number of rotatable bonds is 10. The molecule has 0 aliphatic heterocycles. The van der Waals surface area contributed by atoms with E-state index in [1.54, 1.807) is 0 Å². The topological polar surface area (TPSA) is 47.3 Å². The minimum Gasteiger partial charge on any atom is -0.379 e. The quantitative estimate of drug-likeness (QED) is 0.470. The van der Waals surface area contributed by atoms with Crippen molar-refractivity contribution in [3.63, 3.8) is 0 Å². The van der Waals surface area contributed by atoms with Gasteiger partial charge in [-0.25, -0.2) is 0 Å². The highest BCUT2D eigenvalue weighted by molar-refractivity contribution is 4.85. The first-order valence-corrected chi connectivity index (χ1v) is 8.75. The summed E-state index contributed by atoms with van der Waals surface area (Å²) in [6, 6.07) is 0.310. The Hall–Kier alpha value is -0.120. The van der Waals surface area contributed by atoms with Crippen LogP contribution >= 0.6 is 0 Å². The van der Waals surface area contributed by atoms with Crippen LogP contribution in [0.25, 0.3) is 0 Å². The van der Waals surface area contributed by atoms with Gasteiger partial charge >= 0.3 is 0 Å². The van der Waals surface area contributed by atoms with E-state index >= 15 is 0 Å². The maximum atomic E-state index is 5.86. The van der Waals surface area contributed by atoms with Crippen LogP contribution in [0.2, 0.25) is 0 Å². The Bertz CT molecular complexity index is 229. The predicted molar refractivity (Wildman–Crippen MR) is 86.4 cm³/mol. The summed E-state index contributed by atoms with van der Waals surface area (Å²) in [4.78, 5) is 0. The molecule has 3 N–H and O–H groups in total. The fourth-order valence-electron chi connectivity index (χ4n) is 3.79. The Morgan fingerprint density at radius 3 is 2.40 bits per heavy atom. The molecule has 0 aromatic heterocycles. The van der Waals surface area contributed by atoms with Crippen LogP contribution in [0.15, 0.2) is 0 Å². The largest absolute Gasteiger partial charge is 0.379 e. The molecule has 1 saturated carbocycles. The van der Waals surface area contributed by atoms with Gasteiger partial charge in [-0.05, 0) is 31.1 Å². The lowest BCUT2D eigenvalue weighted by atomic mass is 9.80. The van der Waals surface area contributed by atoms with Gasteiger partial charge < -0.3 is 4.74 Å². The van der Waals surface area contributed by atoms with Crippen molar-refractivity contribution in [1.82, 2.24) is 5.43 Å². The first-order valence-electron chi connectivity index (χ1n) is 8.75. The van der Waals surface area contributed by atoms with Crippen LogP contribution < -0.4 is 11.3 Å². The van der Waals surface area contributed by atoms with Crippen molar-refractivity contribution in [2.24, 2.45) is 17.7 Å². The summed E-state index contributed by atoms with van der Waals surface area (Å²) in [5.41, 5.74) is 3.07. The zero-order valence-electron chi connectivity index (χ0n) is 13.9. The minimum atomic E-state index is 0.288. The molecule has 0 radical (unpaired) electrons. The molecule has 0 saturated heterocycles. The van der Waals surface area contributed by atoms with Gasteiger partial charge in [0.2, 0.25) is 0 Å². The molecule has 20 heavy (non-hydrogen) atoms. The average molecular weight is 284 g/mol. The fourth-order valence-corrected chi connectivity index (χ4v) is 3.79. The van der Waals surface area contributed by atoms with E-state index in [0.29, 0.717) is 12.0 Å². The Kier molecular flexibility index (Phi) is 9.49. The van der Waals surface area contributed by atoms with Crippen molar-refractivity contribution < 1.29 is 4.74 Å². The fraction of sp³-hybridized carbons (Fsp3) is 1.00. The van der Waals surface area contributed by atoms with Crippen molar-refractivity contribution in [3.05, 3.63) is 0 Å². The van der Waals surface area contributed by atoms with Gasteiger partial charge in [-0.2, -0.15) is 0 Å². The van der Waals surface area contributed by atoms with E-state index in [-0.39, 0.29) is 6.10 Å². The molecule has 3 unspecified atom stereocenters. The van der Waals surface area contributed by atoms with Gasteiger partial charge in [0.15, 0.2) is 0 Å². The molecule has 0 amide bonds. The monoisotopic (exact) mass is 284 g/mol. The van der Waals surface area contributed by atoms with E-state index in [4.69, 9.17) is 10.6 Å². The third-order valence-electron chi connectivity index (χ3n) is 5.13. The Morgan fingerprint density at radius 2 is 1.90 bits per heavy atom. The van der Waals surface area contributed by atoms with Crippen LogP contribution in [0.3, 0.4) is 0 Å². The number of hydrogen-bond acceptors (Lipinski definition) is 3. The van der Waals surface area contributed by atoms with Gasteiger partial charge in [0.25, 0.3) is 0 Å². The molecule has 3 nitrogen and oxygen atoms in total. The summed E-state index contributed by atoms with van der Waals surface area (Å²) < 4.78 is 5.85. The second-order valence-electron chi connectivity index (χ2n) is 6.52. The number of methoxy groups -OCH3 is 1. The summed E-state index contributed by atoms with van der Waals surface area (Å²) in [7, 11) is 1.86. The van der Waals surface area contributed by atoms with E-state index in [1.807, 2.05) is 7.11 Å². The lowest BCUT2D eigenvalue weighted by Crippen LogP contribution is -2.49. The van der Waals surface area contributed by atoms with Gasteiger partial charge in [0.05, 0.1) is 6.10 Å². The molecule has 1 rings (SSSR count). The number of nitrogens with one attached hydrogen (secondary N) is 1. The van der Waals surface area contributed by atoms with Gasteiger partial charge in [0.1, 0.15) is 0 Å². The summed E-state index contributed by atoms with van der Waals surface area (Å²) in [6.07, 6.45) is 13.4. The van der Waals surface area contributed by atoms with Crippen molar-refractivity contribution in [2.75, 3.05) is 7.11 Å². The van der Waals surface area contributed by atoms with Crippen molar-refractivity contribution in [3.8, 4) is 0 Å². The molecule has 0 spiro atoms. The Morgan fingerprint density at radius 1 is 1.20 bits per heavy atom. The second-order valence-corrected chi connectivity index (χ2v) is 6.52. The summed E-state index contributed by atoms with van der Waals surface area (Å²) in [5, 5.41) is 0. The van der Waals surface area contributed by atoms with Gasteiger partial charge in [-0.3, -0.25) is 11.3 Å². The number of hydrogen-bond donors (Lipinski definition) is 2. The molecule has 3 heteroatoms. The molecule has 1 aliphatic carbocycles. The average Bonchev–Trinajstić information content (AvgIpc) is 2.51. The maximum absolute atomic E-state index is 5.86. The minimum absolute atomic E-state index is 0.288. The van der Waals surface area contributed by atoms with Crippen LogP contribution in [0, 0.1) is 11.8 Å². The molecule has 120 valence electrons. The third-order valence-corrected chi connectivity index (χ3v) is 5.13. The number of nitrogens with two attached hydrogens (primary N) is 1. The SMILES string of the molecule is CCCCC(CC)CC(NN)C(OC)C1CCCCC1. The third kappa shape index (κ3) is 5.71. The molecular formula is C17H36N2O. The van der Waals surface area contributed by atoms with Crippen molar-refractivity contribution in [2.45, 2.75) is 90.2 Å². The standard InChI is InChI=1S/C17H36N2O/c1-4-6-10-14(5-2)13-16(19-18)17(20-3)15-11-8-7-9-12-15/h14-17,19H,4-13,18H2,1-3H3. The van der Waals surface area contributed by atoms with Crippen molar-refractivity contribution >= 4 is 0 Å². The van der Waals surface area contributed by atoms with E-state index in [9.17, 15) is 0 Å². The summed E-state index contributed by atoms with van der Waals surface area (Å²) in [5.74, 6) is 7.33. The van der Waals surface area contributed by atoms with Crippen LogP contribution in [0.1, 0.15) is 78.1 Å². The Balaban J connectivity index is 2.55. The Labute approximate surface area is 126 Å². The van der Waals surface area contributed by atoms with Crippen LogP contribution in [0.5, 0.6) is 0 Å². The highest BCUT2D eigenvalue weighted by Crippen LogP contribution is 2.31. The second kappa shape index (κ2) is 10.6. The normalized spacial score (nSPS) is 21.6. The summed E-state index contributed by atoms with van der Waals surface area (Å²) >= 11 is 0. The zero-order valence-corrected chi connectivity index (χ0v) is 13.9. The molecule has 0 aromatic carbocycles. The maximum Gasteiger partial charge on any atom is 0.0765 e. The van der Waals surface area contributed by atoms with E-state index < -0.39 is 0 Å². The van der Waals surface area contributed by atoms with Crippen LogP contribution in [0.4, 0.5) is 0 Å². The predicted octanol–water partition coefficient (Wildman–Crippen LogP) is 4.02. The van der Waals surface area contributed by atoms with Crippen LogP contribution in [-0.4, -0.2) is 19.3 Å². The molecule has 0 aromatic rings. The number of ether oxygens (including phenoxy) is 1. The number of unbranched alkanes of at least 4 members (excludes halogenated alkanes) is 1. The lowest BCUT2D eigenvalue weighted by molar-refractivity contribution is 0.00142. The lowest BCUT2D eigenvalue weighted by Gasteiger charge is -2.36. The van der Waals surface area contributed by atoms with Gasteiger partial charge in [-0.15, -0.1) is 0 Å². The molecule has 0 heterocycles. The van der Waals surface area contributed by atoms with Crippen molar-refractivity contribution in [1.29, 1.82) is 0 Å². The first kappa shape index (κ1) is 17.9. The zero-order chi connectivity index (χ0) is 14.8.